The van der Waals surface area contributed by atoms with Crippen LogP contribution in [-0.2, 0) is 17.6 Å². The zero-order chi connectivity index (χ0) is 19.9. The van der Waals surface area contributed by atoms with Gasteiger partial charge in [-0.25, -0.2) is 0 Å². The minimum atomic E-state index is 0.146. The van der Waals surface area contributed by atoms with Crippen molar-refractivity contribution < 1.29 is 19.0 Å². The number of piperidine rings is 1. The predicted molar refractivity (Wildman–Crippen MR) is 109 cm³/mol. The first kappa shape index (κ1) is 20.1. The minimum Gasteiger partial charge on any atom is -0.493 e. The van der Waals surface area contributed by atoms with Crippen LogP contribution in [0.1, 0.15) is 24.0 Å². The number of nitrogens with zero attached hydrogens (tertiary/aromatic N) is 1. The summed E-state index contributed by atoms with van der Waals surface area (Å²) in [4.78, 5) is 14.8. The van der Waals surface area contributed by atoms with Crippen LogP contribution in [0.15, 0.2) is 42.5 Å². The van der Waals surface area contributed by atoms with E-state index in [1.54, 1.807) is 21.3 Å². The minimum absolute atomic E-state index is 0.146. The van der Waals surface area contributed by atoms with Crippen molar-refractivity contribution in [2.45, 2.75) is 25.7 Å². The molecule has 0 N–H and O–H groups in total. The van der Waals surface area contributed by atoms with Crippen molar-refractivity contribution >= 4 is 5.91 Å². The highest BCUT2D eigenvalue weighted by Gasteiger charge is 2.24. The maximum Gasteiger partial charge on any atom is 0.226 e. The van der Waals surface area contributed by atoms with E-state index in [9.17, 15) is 4.79 Å². The van der Waals surface area contributed by atoms with E-state index in [2.05, 4.69) is 24.3 Å². The van der Waals surface area contributed by atoms with Gasteiger partial charge in [0.2, 0.25) is 11.7 Å². The Morgan fingerprint density at radius 3 is 2.07 bits per heavy atom. The first-order valence-electron chi connectivity index (χ1n) is 9.75. The number of rotatable bonds is 7. The Hall–Kier alpha value is -2.69. The summed E-state index contributed by atoms with van der Waals surface area (Å²) in [6.07, 6.45) is 3.53. The van der Waals surface area contributed by atoms with Gasteiger partial charge in [0.05, 0.1) is 27.8 Å². The molecule has 2 aromatic carbocycles. The van der Waals surface area contributed by atoms with Crippen molar-refractivity contribution in [2.24, 2.45) is 5.92 Å². The summed E-state index contributed by atoms with van der Waals surface area (Å²) in [5, 5.41) is 0. The van der Waals surface area contributed by atoms with Crippen molar-refractivity contribution in [3.63, 3.8) is 0 Å². The van der Waals surface area contributed by atoms with Crippen molar-refractivity contribution in [1.82, 2.24) is 4.90 Å². The molecule has 5 heteroatoms. The quantitative estimate of drug-likeness (QED) is 0.731. The van der Waals surface area contributed by atoms with Crippen LogP contribution >= 0.6 is 0 Å². The number of benzene rings is 2. The molecule has 0 aliphatic carbocycles. The molecular formula is C23H29NO4. The van der Waals surface area contributed by atoms with Crippen LogP contribution in [-0.4, -0.2) is 45.2 Å². The first-order chi connectivity index (χ1) is 13.6. The number of carbonyl (C=O) groups excluding carboxylic acids is 1. The number of likely N-dealkylation sites (tertiary alicyclic amines) is 1. The fraction of sp³-hybridized carbons (Fsp3) is 0.435. The number of methoxy groups -OCH3 is 3. The van der Waals surface area contributed by atoms with E-state index in [0.29, 0.717) is 29.6 Å². The van der Waals surface area contributed by atoms with Crippen molar-refractivity contribution in [3.8, 4) is 17.2 Å². The molecule has 28 heavy (non-hydrogen) atoms. The van der Waals surface area contributed by atoms with E-state index in [-0.39, 0.29) is 5.91 Å². The molecule has 1 aliphatic rings. The number of ether oxygens (including phenoxy) is 3. The van der Waals surface area contributed by atoms with Gasteiger partial charge >= 0.3 is 0 Å². The fourth-order valence-corrected chi connectivity index (χ4v) is 3.86. The third-order valence-corrected chi connectivity index (χ3v) is 5.41. The van der Waals surface area contributed by atoms with Gasteiger partial charge in [-0.2, -0.15) is 0 Å². The molecule has 0 aromatic heterocycles. The lowest BCUT2D eigenvalue weighted by Crippen LogP contribution is -2.39. The van der Waals surface area contributed by atoms with E-state index in [0.717, 1.165) is 37.9 Å². The SMILES string of the molecule is COc1cc(CC(=O)N2CCC(Cc3ccccc3)CC2)cc(OC)c1OC. The fourth-order valence-electron chi connectivity index (χ4n) is 3.86. The van der Waals surface area contributed by atoms with Gasteiger partial charge in [-0.3, -0.25) is 4.79 Å². The second kappa shape index (κ2) is 9.49. The lowest BCUT2D eigenvalue weighted by molar-refractivity contribution is -0.131. The molecule has 1 heterocycles. The Morgan fingerprint density at radius 1 is 0.929 bits per heavy atom. The standard InChI is InChI=1S/C23H29NO4/c1-26-20-14-19(15-21(27-2)23(20)28-3)16-22(25)24-11-9-18(10-12-24)13-17-7-5-4-6-8-17/h4-8,14-15,18H,9-13,16H2,1-3H3. The third kappa shape index (κ3) is 4.77. The molecule has 1 amide bonds. The molecule has 0 bridgehead atoms. The number of amides is 1. The predicted octanol–water partition coefficient (Wildman–Crippen LogP) is 3.74. The van der Waals surface area contributed by atoms with Crippen LogP contribution in [0, 0.1) is 5.92 Å². The summed E-state index contributed by atoms with van der Waals surface area (Å²) in [5.41, 5.74) is 2.25. The lowest BCUT2D eigenvalue weighted by atomic mass is 9.90. The molecule has 0 atom stereocenters. The molecule has 0 unspecified atom stereocenters. The molecule has 1 fully saturated rings. The van der Waals surface area contributed by atoms with E-state index in [1.165, 1.54) is 5.56 Å². The van der Waals surface area contributed by atoms with E-state index < -0.39 is 0 Å². The summed E-state index contributed by atoms with van der Waals surface area (Å²) in [7, 11) is 4.74. The number of hydrogen-bond donors (Lipinski definition) is 0. The molecule has 3 rings (SSSR count). The highest BCUT2D eigenvalue weighted by Crippen LogP contribution is 2.38. The summed E-state index contributed by atoms with van der Waals surface area (Å²) in [6.45, 7) is 1.64. The maximum atomic E-state index is 12.8. The van der Waals surface area contributed by atoms with Gasteiger partial charge in [0.15, 0.2) is 11.5 Å². The largest absolute Gasteiger partial charge is 0.493 e. The Kier molecular flexibility index (Phi) is 6.80. The van der Waals surface area contributed by atoms with Crippen molar-refractivity contribution in [1.29, 1.82) is 0 Å². The first-order valence-corrected chi connectivity index (χ1v) is 9.75. The van der Waals surface area contributed by atoms with Gasteiger partial charge in [-0.05, 0) is 48.4 Å². The normalized spacial score (nSPS) is 14.6. The van der Waals surface area contributed by atoms with Crippen LogP contribution in [0.4, 0.5) is 0 Å². The average molecular weight is 383 g/mol. The molecule has 5 nitrogen and oxygen atoms in total. The summed E-state index contributed by atoms with van der Waals surface area (Å²) in [5.74, 6) is 2.49. The zero-order valence-electron chi connectivity index (χ0n) is 16.9. The lowest BCUT2D eigenvalue weighted by Gasteiger charge is -2.32. The van der Waals surface area contributed by atoms with E-state index in [1.807, 2.05) is 23.1 Å². The summed E-state index contributed by atoms with van der Waals surface area (Å²) < 4.78 is 16.1. The molecule has 0 radical (unpaired) electrons. The second-order valence-electron chi connectivity index (χ2n) is 7.22. The van der Waals surface area contributed by atoms with Gasteiger partial charge in [-0.1, -0.05) is 30.3 Å². The van der Waals surface area contributed by atoms with E-state index in [4.69, 9.17) is 14.2 Å². The van der Waals surface area contributed by atoms with Gasteiger partial charge in [0.1, 0.15) is 0 Å². The van der Waals surface area contributed by atoms with Gasteiger partial charge in [0.25, 0.3) is 0 Å². The Balaban J connectivity index is 1.58. The number of hydrogen-bond acceptors (Lipinski definition) is 4. The maximum absolute atomic E-state index is 12.8. The Labute approximate surface area is 167 Å². The topological polar surface area (TPSA) is 48.0 Å². The molecule has 1 saturated heterocycles. The van der Waals surface area contributed by atoms with Crippen molar-refractivity contribution in [3.05, 3.63) is 53.6 Å². The monoisotopic (exact) mass is 383 g/mol. The summed E-state index contributed by atoms with van der Waals surface area (Å²) >= 11 is 0. The highest BCUT2D eigenvalue weighted by atomic mass is 16.5. The molecule has 150 valence electrons. The number of carbonyl (C=O) groups is 1. The van der Waals surface area contributed by atoms with Crippen molar-refractivity contribution in [2.75, 3.05) is 34.4 Å². The molecular weight excluding hydrogens is 354 g/mol. The van der Waals surface area contributed by atoms with Gasteiger partial charge in [-0.15, -0.1) is 0 Å². The van der Waals surface area contributed by atoms with Crippen LogP contribution < -0.4 is 14.2 Å². The third-order valence-electron chi connectivity index (χ3n) is 5.41. The summed E-state index contributed by atoms with van der Waals surface area (Å²) in [6, 6.07) is 14.3. The van der Waals surface area contributed by atoms with Crippen LogP contribution in [0.5, 0.6) is 17.2 Å². The zero-order valence-corrected chi connectivity index (χ0v) is 16.9. The molecule has 0 spiro atoms. The van der Waals surface area contributed by atoms with Crippen LogP contribution in [0.3, 0.4) is 0 Å². The molecule has 0 saturated carbocycles. The van der Waals surface area contributed by atoms with Crippen LogP contribution in [0.25, 0.3) is 0 Å². The van der Waals surface area contributed by atoms with Gasteiger partial charge in [0, 0.05) is 13.1 Å². The van der Waals surface area contributed by atoms with Gasteiger partial charge < -0.3 is 19.1 Å². The molecule has 2 aromatic rings. The average Bonchev–Trinajstić information content (AvgIpc) is 2.74. The Morgan fingerprint density at radius 2 is 1.54 bits per heavy atom. The smallest absolute Gasteiger partial charge is 0.226 e. The second-order valence-corrected chi connectivity index (χ2v) is 7.22. The molecule has 1 aliphatic heterocycles. The van der Waals surface area contributed by atoms with Crippen LogP contribution in [0.2, 0.25) is 0 Å². The highest BCUT2D eigenvalue weighted by molar-refractivity contribution is 5.79. The Bertz CT molecular complexity index is 757. The van der Waals surface area contributed by atoms with E-state index >= 15 is 0 Å².